The van der Waals surface area contributed by atoms with Gasteiger partial charge in [-0.05, 0) is 48.5 Å². The van der Waals surface area contributed by atoms with Gasteiger partial charge in [-0.15, -0.1) is 0 Å². The van der Waals surface area contributed by atoms with Gasteiger partial charge in [0.2, 0.25) is 26.0 Å². The predicted molar refractivity (Wildman–Crippen MR) is 107 cm³/mol. The summed E-state index contributed by atoms with van der Waals surface area (Å²) in [6.45, 7) is 1.85. The number of hydrogen-bond acceptors (Lipinski definition) is 5. The minimum absolute atomic E-state index is 0.0507. The van der Waals surface area contributed by atoms with Gasteiger partial charge >= 0.3 is 0 Å². The molecule has 11 heteroatoms. The average Bonchev–Trinajstić information content (AvgIpc) is 2.62. The molecule has 2 aromatic rings. The molecule has 0 spiro atoms. The molecular formula is C17H20ClN3O5S2. The molecule has 0 bridgehead atoms. The van der Waals surface area contributed by atoms with Crippen LogP contribution in [-0.2, 0) is 24.8 Å². The second kappa shape index (κ2) is 9.48. The van der Waals surface area contributed by atoms with E-state index in [-0.39, 0.29) is 29.3 Å². The van der Waals surface area contributed by atoms with E-state index < -0.39 is 26.0 Å². The number of halogens is 1. The van der Waals surface area contributed by atoms with Crippen molar-refractivity contribution in [1.82, 2.24) is 9.44 Å². The minimum atomic E-state index is -3.74. The molecule has 0 fully saturated rings. The number of rotatable bonds is 9. The zero-order valence-electron chi connectivity index (χ0n) is 15.0. The van der Waals surface area contributed by atoms with E-state index in [0.29, 0.717) is 10.7 Å². The largest absolute Gasteiger partial charge is 0.326 e. The lowest BCUT2D eigenvalue weighted by Gasteiger charge is -2.09. The van der Waals surface area contributed by atoms with Gasteiger partial charge in [0.05, 0.1) is 9.79 Å². The Balaban J connectivity index is 1.88. The van der Waals surface area contributed by atoms with E-state index in [9.17, 15) is 21.6 Å². The molecule has 0 saturated heterocycles. The second-order valence-electron chi connectivity index (χ2n) is 5.68. The SMILES string of the molecule is CCNS(=O)(=O)c1ccc(NC(=O)CCNS(=O)(=O)c2ccc(Cl)cc2)cc1. The topological polar surface area (TPSA) is 121 Å². The molecular weight excluding hydrogens is 426 g/mol. The molecule has 0 aliphatic heterocycles. The van der Waals surface area contributed by atoms with Crippen LogP contribution in [0.4, 0.5) is 5.69 Å². The van der Waals surface area contributed by atoms with Gasteiger partial charge in [-0.1, -0.05) is 18.5 Å². The van der Waals surface area contributed by atoms with Crippen LogP contribution in [0, 0.1) is 0 Å². The summed E-state index contributed by atoms with van der Waals surface area (Å²) >= 11 is 5.73. The molecule has 8 nitrogen and oxygen atoms in total. The molecule has 0 atom stereocenters. The Kier molecular flexibility index (Phi) is 7.55. The molecule has 0 aromatic heterocycles. The van der Waals surface area contributed by atoms with Gasteiger partial charge < -0.3 is 5.32 Å². The zero-order chi connectivity index (χ0) is 20.8. The van der Waals surface area contributed by atoms with E-state index >= 15 is 0 Å². The van der Waals surface area contributed by atoms with Gasteiger partial charge in [0, 0.05) is 30.2 Å². The summed E-state index contributed by atoms with van der Waals surface area (Å²) in [4.78, 5) is 12.1. The van der Waals surface area contributed by atoms with Gasteiger partial charge in [0.25, 0.3) is 0 Å². The maximum Gasteiger partial charge on any atom is 0.240 e. The fraction of sp³-hybridized carbons (Fsp3) is 0.235. The highest BCUT2D eigenvalue weighted by molar-refractivity contribution is 7.89. The van der Waals surface area contributed by atoms with Crippen LogP contribution < -0.4 is 14.8 Å². The Bertz CT molecular complexity index is 1020. The van der Waals surface area contributed by atoms with Crippen molar-refractivity contribution in [2.24, 2.45) is 0 Å². The molecule has 152 valence electrons. The van der Waals surface area contributed by atoms with E-state index in [1.54, 1.807) is 6.92 Å². The number of benzene rings is 2. The maximum absolute atomic E-state index is 12.1. The van der Waals surface area contributed by atoms with Crippen LogP contribution in [0.25, 0.3) is 0 Å². The predicted octanol–water partition coefficient (Wildman–Crippen LogP) is 1.95. The van der Waals surface area contributed by atoms with E-state index in [1.807, 2.05) is 0 Å². The van der Waals surface area contributed by atoms with Gasteiger partial charge in [0.1, 0.15) is 0 Å². The first-order valence-corrected chi connectivity index (χ1v) is 11.6. The van der Waals surface area contributed by atoms with Crippen LogP contribution in [0.1, 0.15) is 13.3 Å². The third-order valence-electron chi connectivity index (χ3n) is 3.55. The summed E-state index contributed by atoms with van der Waals surface area (Å²) < 4.78 is 52.7. The summed E-state index contributed by atoms with van der Waals surface area (Å²) in [6, 6.07) is 11.3. The molecule has 2 aromatic carbocycles. The quantitative estimate of drug-likeness (QED) is 0.544. The molecule has 0 unspecified atom stereocenters. The first-order chi connectivity index (χ1) is 13.1. The Morgan fingerprint density at radius 1 is 0.857 bits per heavy atom. The lowest BCUT2D eigenvalue weighted by atomic mass is 10.3. The number of carbonyl (C=O) groups excluding carboxylic acids is 1. The number of hydrogen-bond donors (Lipinski definition) is 3. The Labute approximate surface area is 169 Å². The zero-order valence-corrected chi connectivity index (χ0v) is 17.4. The third-order valence-corrected chi connectivity index (χ3v) is 6.84. The molecule has 0 radical (unpaired) electrons. The first kappa shape index (κ1) is 22.3. The van der Waals surface area contributed by atoms with Crippen LogP contribution in [0.2, 0.25) is 5.02 Å². The summed E-state index contributed by atoms with van der Waals surface area (Å²) in [5.74, 6) is -0.416. The molecule has 2 rings (SSSR count). The van der Waals surface area contributed by atoms with Crippen LogP contribution in [-0.4, -0.2) is 35.8 Å². The Morgan fingerprint density at radius 3 is 1.89 bits per heavy atom. The van der Waals surface area contributed by atoms with Crippen molar-refractivity contribution in [3.05, 3.63) is 53.6 Å². The number of nitrogens with one attached hydrogen (secondary N) is 3. The Hall–Kier alpha value is -1.98. The third kappa shape index (κ3) is 6.28. The highest BCUT2D eigenvalue weighted by atomic mass is 35.5. The molecule has 0 saturated carbocycles. The number of carbonyl (C=O) groups is 1. The van der Waals surface area contributed by atoms with Crippen molar-refractivity contribution in [2.75, 3.05) is 18.4 Å². The number of anilines is 1. The van der Waals surface area contributed by atoms with E-state index in [1.165, 1.54) is 48.5 Å². The Morgan fingerprint density at radius 2 is 1.36 bits per heavy atom. The van der Waals surface area contributed by atoms with Gasteiger partial charge in [-0.3, -0.25) is 4.79 Å². The number of amides is 1. The van der Waals surface area contributed by atoms with Crippen LogP contribution >= 0.6 is 11.6 Å². The lowest BCUT2D eigenvalue weighted by molar-refractivity contribution is -0.116. The summed E-state index contributed by atoms with van der Waals surface area (Å²) in [7, 11) is -7.30. The molecule has 0 aliphatic rings. The molecule has 3 N–H and O–H groups in total. The fourth-order valence-corrected chi connectivity index (χ4v) is 4.41. The summed E-state index contributed by atoms with van der Waals surface area (Å²) in [6.07, 6.45) is -0.0930. The van der Waals surface area contributed by atoms with Crippen LogP contribution in [0.3, 0.4) is 0 Å². The van der Waals surface area contributed by atoms with E-state index in [0.717, 1.165) is 0 Å². The van der Waals surface area contributed by atoms with Gasteiger partial charge in [-0.25, -0.2) is 26.3 Å². The standard InChI is InChI=1S/C17H20ClN3O5S2/c1-2-19-27(23,24)16-9-5-14(6-10-16)21-17(22)11-12-20-28(25,26)15-7-3-13(18)4-8-15/h3-10,19-20H,2,11-12H2,1H3,(H,21,22). The van der Waals surface area contributed by atoms with E-state index in [2.05, 4.69) is 14.8 Å². The second-order valence-corrected chi connectivity index (χ2v) is 9.65. The van der Waals surface area contributed by atoms with Crippen molar-refractivity contribution in [2.45, 2.75) is 23.1 Å². The summed E-state index contributed by atoms with van der Waals surface area (Å²) in [5, 5.41) is 3.00. The highest BCUT2D eigenvalue weighted by Gasteiger charge is 2.15. The molecule has 0 aliphatic carbocycles. The van der Waals surface area contributed by atoms with Crippen molar-refractivity contribution in [3.8, 4) is 0 Å². The summed E-state index contributed by atoms with van der Waals surface area (Å²) in [5.41, 5.74) is 0.404. The van der Waals surface area contributed by atoms with Crippen molar-refractivity contribution in [1.29, 1.82) is 0 Å². The van der Waals surface area contributed by atoms with Crippen molar-refractivity contribution >= 4 is 43.2 Å². The van der Waals surface area contributed by atoms with Gasteiger partial charge in [0.15, 0.2) is 0 Å². The smallest absolute Gasteiger partial charge is 0.240 e. The molecule has 28 heavy (non-hydrogen) atoms. The lowest BCUT2D eigenvalue weighted by Crippen LogP contribution is -2.27. The van der Waals surface area contributed by atoms with Crippen LogP contribution in [0.5, 0.6) is 0 Å². The molecule has 1 amide bonds. The van der Waals surface area contributed by atoms with Crippen LogP contribution in [0.15, 0.2) is 58.3 Å². The number of sulfonamides is 2. The van der Waals surface area contributed by atoms with Crippen molar-refractivity contribution in [3.63, 3.8) is 0 Å². The minimum Gasteiger partial charge on any atom is -0.326 e. The van der Waals surface area contributed by atoms with Crippen molar-refractivity contribution < 1.29 is 21.6 Å². The highest BCUT2D eigenvalue weighted by Crippen LogP contribution is 2.15. The fourth-order valence-electron chi connectivity index (χ4n) is 2.21. The van der Waals surface area contributed by atoms with Gasteiger partial charge in [-0.2, -0.15) is 0 Å². The van der Waals surface area contributed by atoms with E-state index in [4.69, 9.17) is 11.6 Å². The average molecular weight is 446 g/mol. The monoisotopic (exact) mass is 445 g/mol. The maximum atomic E-state index is 12.1. The first-order valence-electron chi connectivity index (χ1n) is 8.29. The normalized spacial score (nSPS) is 11.9. The molecule has 0 heterocycles.